The van der Waals surface area contributed by atoms with Crippen molar-refractivity contribution in [3.63, 3.8) is 0 Å². The van der Waals surface area contributed by atoms with E-state index in [1.807, 2.05) is 0 Å². The molecule has 0 radical (unpaired) electrons. The van der Waals surface area contributed by atoms with Crippen LogP contribution in [0.4, 0.5) is 5.69 Å². The molecule has 0 aromatic heterocycles. The van der Waals surface area contributed by atoms with Crippen LogP contribution < -0.4 is 4.90 Å². The predicted octanol–water partition coefficient (Wildman–Crippen LogP) is 0.756. The number of phenols is 1. The lowest BCUT2D eigenvalue weighted by Gasteiger charge is -2.25. The summed E-state index contributed by atoms with van der Waals surface area (Å²) in [7, 11) is 1.49. The van der Waals surface area contributed by atoms with E-state index >= 15 is 0 Å². The van der Waals surface area contributed by atoms with Crippen molar-refractivity contribution in [2.24, 2.45) is 0 Å². The van der Waals surface area contributed by atoms with Crippen LogP contribution >= 0.6 is 0 Å². The normalized spacial score (nSPS) is 11.8. The molecule has 0 fully saturated rings. The molecule has 0 unspecified atom stereocenters. The van der Waals surface area contributed by atoms with Crippen LogP contribution in [-0.2, 0) is 9.59 Å². The van der Waals surface area contributed by atoms with Crippen LogP contribution in [0.1, 0.15) is 6.42 Å². The Bertz CT molecular complexity index is 414. The molecular weight excluding hydrogens is 226 g/mol. The summed E-state index contributed by atoms with van der Waals surface area (Å²) in [4.78, 5) is 22.9. The maximum atomic E-state index is 11.0. The lowest BCUT2D eigenvalue weighted by molar-refractivity contribution is -0.145. The number of aromatic hydroxyl groups is 1. The summed E-state index contributed by atoms with van der Waals surface area (Å²) < 4.78 is 0. The number of likely N-dealkylation sites (N-methyl/N-ethyl adjacent to an activating group) is 1. The molecule has 1 aromatic carbocycles. The molecule has 6 heteroatoms. The van der Waals surface area contributed by atoms with E-state index < -0.39 is 24.4 Å². The molecule has 0 aliphatic rings. The van der Waals surface area contributed by atoms with E-state index in [4.69, 9.17) is 15.3 Å². The van der Waals surface area contributed by atoms with Crippen LogP contribution in [0.25, 0.3) is 0 Å². The molecule has 0 saturated carbocycles. The monoisotopic (exact) mass is 239 g/mol. The van der Waals surface area contributed by atoms with E-state index in [0.717, 1.165) is 0 Å². The van der Waals surface area contributed by atoms with Gasteiger partial charge in [-0.05, 0) is 24.3 Å². The summed E-state index contributed by atoms with van der Waals surface area (Å²) >= 11 is 0. The van der Waals surface area contributed by atoms with Gasteiger partial charge in [0.25, 0.3) is 0 Å². The van der Waals surface area contributed by atoms with Gasteiger partial charge in [-0.15, -0.1) is 0 Å². The highest BCUT2D eigenvalue weighted by Gasteiger charge is 2.25. The first-order valence-corrected chi connectivity index (χ1v) is 4.88. The molecule has 0 saturated heterocycles. The number of carbonyl (C=O) groups is 2. The average molecular weight is 239 g/mol. The first-order valence-electron chi connectivity index (χ1n) is 4.88. The van der Waals surface area contributed by atoms with E-state index in [1.165, 1.54) is 36.2 Å². The zero-order valence-corrected chi connectivity index (χ0v) is 9.20. The molecule has 17 heavy (non-hydrogen) atoms. The van der Waals surface area contributed by atoms with Crippen LogP contribution in [0.15, 0.2) is 24.3 Å². The van der Waals surface area contributed by atoms with Crippen LogP contribution in [0.5, 0.6) is 5.75 Å². The number of aliphatic carboxylic acids is 2. The molecule has 0 bridgehead atoms. The van der Waals surface area contributed by atoms with Crippen LogP contribution in [0.2, 0.25) is 0 Å². The second kappa shape index (κ2) is 5.20. The number of carboxylic acid groups (broad SMARTS) is 2. The fourth-order valence-corrected chi connectivity index (χ4v) is 1.42. The summed E-state index contributed by atoms with van der Waals surface area (Å²) in [5, 5.41) is 26.7. The number of carboxylic acids is 2. The zero-order valence-electron chi connectivity index (χ0n) is 9.20. The highest BCUT2D eigenvalue weighted by atomic mass is 16.4. The van der Waals surface area contributed by atoms with Crippen molar-refractivity contribution in [2.45, 2.75) is 12.5 Å². The largest absolute Gasteiger partial charge is 0.508 e. The summed E-state index contributed by atoms with van der Waals surface area (Å²) in [5.74, 6) is -2.32. The molecule has 0 spiro atoms. The number of rotatable bonds is 5. The molecule has 1 rings (SSSR count). The Hall–Kier alpha value is -2.24. The molecule has 0 amide bonds. The first kappa shape index (κ1) is 12.8. The van der Waals surface area contributed by atoms with Gasteiger partial charge in [0.15, 0.2) is 0 Å². The first-order chi connectivity index (χ1) is 7.91. The van der Waals surface area contributed by atoms with Gasteiger partial charge in [-0.25, -0.2) is 4.79 Å². The number of hydrogen-bond acceptors (Lipinski definition) is 4. The second-order valence-corrected chi connectivity index (χ2v) is 3.58. The van der Waals surface area contributed by atoms with Gasteiger partial charge in [0, 0.05) is 12.7 Å². The van der Waals surface area contributed by atoms with Gasteiger partial charge in [-0.1, -0.05) is 0 Å². The Balaban J connectivity index is 2.91. The third-order valence-corrected chi connectivity index (χ3v) is 2.38. The van der Waals surface area contributed by atoms with Crippen molar-refractivity contribution in [1.29, 1.82) is 0 Å². The van der Waals surface area contributed by atoms with E-state index in [9.17, 15) is 9.59 Å². The summed E-state index contributed by atoms with van der Waals surface area (Å²) in [5.41, 5.74) is 0.524. The fraction of sp³-hybridized carbons (Fsp3) is 0.273. The molecule has 3 N–H and O–H groups in total. The van der Waals surface area contributed by atoms with Crippen molar-refractivity contribution in [2.75, 3.05) is 11.9 Å². The summed E-state index contributed by atoms with van der Waals surface area (Å²) in [6, 6.07) is 4.72. The Morgan fingerprint density at radius 2 is 1.76 bits per heavy atom. The summed E-state index contributed by atoms with van der Waals surface area (Å²) in [6.07, 6.45) is -0.493. The van der Waals surface area contributed by atoms with Crippen molar-refractivity contribution < 1.29 is 24.9 Å². The topological polar surface area (TPSA) is 98.1 Å². The lowest BCUT2D eigenvalue weighted by Crippen LogP contribution is -2.40. The van der Waals surface area contributed by atoms with Crippen LogP contribution in [0.3, 0.4) is 0 Å². The number of benzene rings is 1. The zero-order chi connectivity index (χ0) is 13.0. The maximum Gasteiger partial charge on any atom is 0.326 e. The smallest absolute Gasteiger partial charge is 0.326 e. The van der Waals surface area contributed by atoms with Gasteiger partial charge in [0.1, 0.15) is 11.8 Å². The Morgan fingerprint density at radius 1 is 1.24 bits per heavy atom. The lowest BCUT2D eigenvalue weighted by atomic mass is 10.1. The van der Waals surface area contributed by atoms with Gasteiger partial charge in [0.2, 0.25) is 0 Å². The molecule has 0 aliphatic heterocycles. The Kier molecular flexibility index (Phi) is 3.92. The highest BCUT2D eigenvalue weighted by molar-refractivity contribution is 5.84. The van der Waals surface area contributed by atoms with E-state index in [-0.39, 0.29) is 5.75 Å². The molecule has 0 aliphatic carbocycles. The molecule has 1 atom stereocenters. The second-order valence-electron chi connectivity index (χ2n) is 3.58. The average Bonchev–Trinajstić information content (AvgIpc) is 2.25. The van der Waals surface area contributed by atoms with E-state index in [2.05, 4.69) is 0 Å². The minimum atomic E-state index is -1.21. The standard InChI is InChI=1S/C11H13NO5/c1-12(7-2-4-8(13)5-3-7)9(11(16)17)6-10(14)15/h2-5,9,13H,6H2,1H3,(H,14,15)(H,16,17)/t9-/m0/s1. The maximum absolute atomic E-state index is 11.0. The van der Waals surface area contributed by atoms with Crippen molar-refractivity contribution in [3.8, 4) is 5.75 Å². The minimum absolute atomic E-state index is 0.0623. The van der Waals surface area contributed by atoms with E-state index in [1.54, 1.807) is 0 Å². The quantitative estimate of drug-likeness (QED) is 0.701. The van der Waals surface area contributed by atoms with Crippen LogP contribution in [-0.4, -0.2) is 40.3 Å². The number of anilines is 1. The summed E-state index contributed by atoms with van der Waals surface area (Å²) in [6.45, 7) is 0. The number of nitrogens with zero attached hydrogens (tertiary/aromatic N) is 1. The molecule has 6 nitrogen and oxygen atoms in total. The van der Waals surface area contributed by atoms with E-state index in [0.29, 0.717) is 5.69 Å². The van der Waals surface area contributed by atoms with Gasteiger partial charge in [-0.3, -0.25) is 4.79 Å². The molecule has 92 valence electrons. The SMILES string of the molecule is CN(c1ccc(O)cc1)[C@@H](CC(=O)O)C(=O)O. The van der Waals surface area contributed by atoms with Gasteiger partial charge in [0.05, 0.1) is 6.42 Å². The third kappa shape index (κ3) is 3.37. The Labute approximate surface area is 97.7 Å². The van der Waals surface area contributed by atoms with Gasteiger partial charge in [-0.2, -0.15) is 0 Å². The molecular formula is C11H13NO5. The number of phenolic OH excluding ortho intramolecular Hbond substituents is 1. The molecule has 0 heterocycles. The van der Waals surface area contributed by atoms with Crippen molar-refractivity contribution in [3.05, 3.63) is 24.3 Å². The Morgan fingerprint density at radius 3 is 2.18 bits per heavy atom. The minimum Gasteiger partial charge on any atom is -0.508 e. The van der Waals surface area contributed by atoms with Crippen molar-refractivity contribution >= 4 is 17.6 Å². The predicted molar refractivity (Wildman–Crippen MR) is 60.2 cm³/mol. The van der Waals surface area contributed by atoms with Gasteiger partial charge >= 0.3 is 11.9 Å². The van der Waals surface area contributed by atoms with Gasteiger partial charge < -0.3 is 20.2 Å². The number of hydrogen-bond donors (Lipinski definition) is 3. The highest BCUT2D eigenvalue weighted by Crippen LogP contribution is 2.20. The fourth-order valence-electron chi connectivity index (χ4n) is 1.42. The van der Waals surface area contributed by atoms with Crippen molar-refractivity contribution in [1.82, 2.24) is 0 Å². The third-order valence-electron chi connectivity index (χ3n) is 2.38. The molecule has 1 aromatic rings. The van der Waals surface area contributed by atoms with Crippen LogP contribution in [0, 0.1) is 0 Å².